The average molecular weight is 395 g/mol. The van der Waals surface area contributed by atoms with Crippen LogP contribution in [0.5, 0.6) is 5.75 Å². The molecule has 2 aromatic rings. The van der Waals surface area contributed by atoms with Gasteiger partial charge in [-0.1, -0.05) is 25.1 Å². The zero-order valence-corrected chi connectivity index (χ0v) is 14.3. The minimum Gasteiger partial charge on any atom is -0.484 e. The van der Waals surface area contributed by atoms with Crippen LogP contribution in [0.25, 0.3) is 0 Å². The average Bonchev–Trinajstić information content (AvgIpc) is 2.49. The maximum absolute atomic E-state index is 12.0. The molecule has 4 heteroatoms. The van der Waals surface area contributed by atoms with E-state index in [1.165, 1.54) is 0 Å². The number of rotatable bonds is 5. The highest BCUT2D eigenvalue weighted by atomic mass is 127. The molecule has 1 amide bonds. The third-order valence-electron chi connectivity index (χ3n) is 3.19. The molecule has 0 atom stereocenters. The van der Waals surface area contributed by atoms with Crippen LogP contribution in [0.4, 0.5) is 5.69 Å². The van der Waals surface area contributed by atoms with Crippen LogP contribution in [0.15, 0.2) is 42.5 Å². The summed E-state index contributed by atoms with van der Waals surface area (Å²) in [5.41, 5.74) is 3.10. The first-order valence-corrected chi connectivity index (χ1v) is 7.94. The number of carbonyl (C=O) groups excluding carboxylic acids is 1. The summed E-state index contributed by atoms with van der Waals surface area (Å²) in [5.74, 6) is 0.559. The Morgan fingerprint density at radius 3 is 2.57 bits per heavy atom. The van der Waals surface area contributed by atoms with Gasteiger partial charge in [0.05, 0.1) is 0 Å². The van der Waals surface area contributed by atoms with Crippen molar-refractivity contribution in [2.45, 2.75) is 20.3 Å². The third-order valence-corrected chi connectivity index (χ3v) is 3.91. The van der Waals surface area contributed by atoms with Gasteiger partial charge in [-0.2, -0.15) is 0 Å². The van der Waals surface area contributed by atoms with Crippen molar-refractivity contribution < 1.29 is 9.53 Å². The van der Waals surface area contributed by atoms with E-state index >= 15 is 0 Å². The summed E-state index contributed by atoms with van der Waals surface area (Å²) >= 11 is 2.23. The summed E-state index contributed by atoms with van der Waals surface area (Å²) in [5, 5.41) is 2.95. The largest absolute Gasteiger partial charge is 0.484 e. The molecule has 0 radical (unpaired) electrons. The fraction of sp³-hybridized carbons (Fsp3) is 0.235. The van der Waals surface area contributed by atoms with Crippen molar-refractivity contribution in [2.24, 2.45) is 0 Å². The molecular formula is C17H18INO2. The van der Waals surface area contributed by atoms with Crippen LogP contribution in [0.3, 0.4) is 0 Å². The van der Waals surface area contributed by atoms with Crippen molar-refractivity contribution in [1.29, 1.82) is 0 Å². The van der Waals surface area contributed by atoms with E-state index in [1.54, 1.807) is 0 Å². The van der Waals surface area contributed by atoms with Gasteiger partial charge in [0.1, 0.15) is 5.75 Å². The molecule has 0 aliphatic carbocycles. The Kier molecular flexibility index (Phi) is 5.61. The first-order valence-electron chi connectivity index (χ1n) is 6.87. The second-order valence-corrected chi connectivity index (χ2v) is 6.00. The molecule has 3 nitrogen and oxygen atoms in total. The quantitative estimate of drug-likeness (QED) is 0.772. The molecule has 2 aromatic carbocycles. The summed E-state index contributed by atoms with van der Waals surface area (Å²) < 4.78 is 6.63. The first kappa shape index (κ1) is 15.8. The predicted octanol–water partition coefficient (Wildman–Crippen LogP) is 4.18. The molecular weight excluding hydrogens is 377 g/mol. The van der Waals surface area contributed by atoms with Crippen molar-refractivity contribution in [2.75, 3.05) is 11.9 Å². The minimum atomic E-state index is -0.141. The third kappa shape index (κ3) is 4.46. The van der Waals surface area contributed by atoms with Gasteiger partial charge in [-0.05, 0) is 71.3 Å². The summed E-state index contributed by atoms with van der Waals surface area (Å²) in [6.45, 7) is 4.08. The SMILES string of the molecule is CCc1cccc(C)c1NC(=O)COc1ccc(I)cc1. The van der Waals surface area contributed by atoms with E-state index in [2.05, 4.69) is 34.8 Å². The Labute approximate surface area is 138 Å². The number of anilines is 1. The molecule has 0 saturated carbocycles. The standard InChI is InChI=1S/C17H18INO2/c1-3-13-6-4-5-12(2)17(13)19-16(20)11-21-15-9-7-14(18)8-10-15/h4-10H,3,11H2,1-2H3,(H,19,20). The number of halogens is 1. The lowest BCUT2D eigenvalue weighted by Gasteiger charge is -2.13. The molecule has 0 saturated heterocycles. The van der Waals surface area contributed by atoms with E-state index in [9.17, 15) is 4.79 Å². The van der Waals surface area contributed by atoms with E-state index in [0.29, 0.717) is 5.75 Å². The Morgan fingerprint density at radius 2 is 1.90 bits per heavy atom. The van der Waals surface area contributed by atoms with E-state index in [1.807, 2.05) is 49.4 Å². The summed E-state index contributed by atoms with van der Waals surface area (Å²) in [6.07, 6.45) is 0.884. The van der Waals surface area contributed by atoms with Gasteiger partial charge in [0.25, 0.3) is 5.91 Å². The maximum Gasteiger partial charge on any atom is 0.262 e. The van der Waals surface area contributed by atoms with E-state index < -0.39 is 0 Å². The number of benzene rings is 2. The first-order chi connectivity index (χ1) is 10.1. The zero-order valence-electron chi connectivity index (χ0n) is 12.2. The van der Waals surface area contributed by atoms with E-state index in [0.717, 1.165) is 26.8 Å². The molecule has 0 spiro atoms. The normalized spacial score (nSPS) is 10.2. The van der Waals surface area contributed by atoms with Crippen LogP contribution < -0.4 is 10.1 Å². The number of para-hydroxylation sites is 1. The number of amides is 1. The molecule has 0 aliphatic rings. The van der Waals surface area contributed by atoms with Crippen LogP contribution in [0, 0.1) is 10.5 Å². The second-order valence-electron chi connectivity index (χ2n) is 4.75. The van der Waals surface area contributed by atoms with Gasteiger partial charge < -0.3 is 10.1 Å². The van der Waals surface area contributed by atoms with Gasteiger partial charge >= 0.3 is 0 Å². The number of ether oxygens (including phenoxy) is 1. The summed E-state index contributed by atoms with van der Waals surface area (Å²) in [7, 11) is 0. The van der Waals surface area contributed by atoms with Crippen LogP contribution in [0.1, 0.15) is 18.1 Å². The van der Waals surface area contributed by atoms with Crippen LogP contribution in [0.2, 0.25) is 0 Å². The molecule has 0 unspecified atom stereocenters. The van der Waals surface area contributed by atoms with Crippen molar-refractivity contribution in [3.8, 4) is 5.75 Å². The van der Waals surface area contributed by atoms with Gasteiger partial charge in [0, 0.05) is 9.26 Å². The Morgan fingerprint density at radius 1 is 1.19 bits per heavy atom. The highest BCUT2D eigenvalue weighted by molar-refractivity contribution is 14.1. The van der Waals surface area contributed by atoms with Crippen molar-refractivity contribution in [3.63, 3.8) is 0 Å². The summed E-state index contributed by atoms with van der Waals surface area (Å²) in [6, 6.07) is 13.7. The molecule has 110 valence electrons. The highest BCUT2D eigenvalue weighted by Crippen LogP contribution is 2.21. The molecule has 1 N–H and O–H groups in total. The monoisotopic (exact) mass is 395 g/mol. The molecule has 0 aliphatic heterocycles. The minimum absolute atomic E-state index is 0.0120. The fourth-order valence-electron chi connectivity index (χ4n) is 2.06. The zero-order chi connectivity index (χ0) is 15.2. The fourth-order valence-corrected chi connectivity index (χ4v) is 2.42. The topological polar surface area (TPSA) is 38.3 Å². The lowest BCUT2D eigenvalue weighted by atomic mass is 10.1. The summed E-state index contributed by atoms with van der Waals surface area (Å²) in [4.78, 5) is 12.0. The molecule has 0 bridgehead atoms. The molecule has 0 fully saturated rings. The van der Waals surface area contributed by atoms with Gasteiger partial charge in [0.15, 0.2) is 6.61 Å². The van der Waals surface area contributed by atoms with Crippen LogP contribution >= 0.6 is 22.6 Å². The Balaban J connectivity index is 1.97. The van der Waals surface area contributed by atoms with Gasteiger partial charge in [-0.25, -0.2) is 0 Å². The number of hydrogen-bond donors (Lipinski definition) is 1. The van der Waals surface area contributed by atoms with Crippen molar-refractivity contribution >= 4 is 34.2 Å². The second kappa shape index (κ2) is 7.45. The number of hydrogen-bond acceptors (Lipinski definition) is 2. The lowest BCUT2D eigenvalue weighted by molar-refractivity contribution is -0.118. The van der Waals surface area contributed by atoms with Crippen molar-refractivity contribution in [3.05, 3.63) is 57.2 Å². The van der Waals surface area contributed by atoms with E-state index in [4.69, 9.17) is 4.74 Å². The van der Waals surface area contributed by atoms with E-state index in [-0.39, 0.29) is 12.5 Å². The van der Waals surface area contributed by atoms with Crippen LogP contribution in [-0.2, 0) is 11.2 Å². The van der Waals surface area contributed by atoms with Crippen LogP contribution in [-0.4, -0.2) is 12.5 Å². The Bertz CT molecular complexity index is 623. The molecule has 21 heavy (non-hydrogen) atoms. The number of carbonyl (C=O) groups is 1. The number of aryl methyl sites for hydroxylation is 2. The van der Waals surface area contributed by atoms with Crippen molar-refractivity contribution in [1.82, 2.24) is 0 Å². The van der Waals surface area contributed by atoms with Gasteiger partial charge in [0.2, 0.25) is 0 Å². The van der Waals surface area contributed by atoms with Gasteiger partial charge in [-0.3, -0.25) is 4.79 Å². The smallest absolute Gasteiger partial charge is 0.262 e. The Hall–Kier alpha value is -1.56. The molecule has 0 aromatic heterocycles. The highest BCUT2D eigenvalue weighted by Gasteiger charge is 2.09. The number of nitrogens with one attached hydrogen (secondary N) is 1. The lowest BCUT2D eigenvalue weighted by Crippen LogP contribution is -2.21. The van der Waals surface area contributed by atoms with Gasteiger partial charge in [-0.15, -0.1) is 0 Å². The molecule has 2 rings (SSSR count). The predicted molar refractivity (Wildman–Crippen MR) is 93.8 cm³/mol. The molecule has 0 heterocycles. The maximum atomic E-state index is 12.0.